The lowest BCUT2D eigenvalue weighted by Crippen LogP contribution is -2.38. The highest BCUT2D eigenvalue weighted by Crippen LogP contribution is 2.20. The summed E-state index contributed by atoms with van der Waals surface area (Å²) in [7, 11) is 0. The summed E-state index contributed by atoms with van der Waals surface area (Å²) < 4.78 is 10.3. The third-order valence-electron chi connectivity index (χ3n) is 3.18. The molecule has 0 bridgehead atoms. The summed E-state index contributed by atoms with van der Waals surface area (Å²) in [6.07, 6.45) is 1.95. The second-order valence-corrected chi connectivity index (χ2v) is 4.76. The summed E-state index contributed by atoms with van der Waals surface area (Å²) in [6, 6.07) is 1.94. The van der Waals surface area contributed by atoms with E-state index >= 15 is 0 Å². The lowest BCUT2D eigenvalue weighted by molar-refractivity contribution is -0.150. The van der Waals surface area contributed by atoms with Gasteiger partial charge in [0.05, 0.1) is 24.8 Å². The molecule has 2 rings (SSSR count). The van der Waals surface area contributed by atoms with Crippen LogP contribution in [-0.2, 0) is 16.1 Å². The van der Waals surface area contributed by atoms with Gasteiger partial charge >= 0.3 is 5.97 Å². The SMILES string of the molecule is CCOC(=O)[C@@H]1CCCN(Cc2cc(C)no2)C1. The number of likely N-dealkylation sites (tertiary alicyclic amines) is 1. The zero-order chi connectivity index (χ0) is 13.0. The first-order valence-electron chi connectivity index (χ1n) is 6.50. The van der Waals surface area contributed by atoms with Gasteiger partial charge < -0.3 is 9.26 Å². The minimum absolute atomic E-state index is 0.00252. The van der Waals surface area contributed by atoms with Gasteiger partial charge in [-0.2, -0.15) is 0 Å². The second-order valence-electron chi connectivity index (χ2n) is 4.76. The van der Waals surface area contributed by atoms with Crippen LogP contribution in [0.5, 0.6) is 0 Å². The number of esters is 1. The highest BCUT2D eigenvalue weighted by molar-refractivity contribution is 5.72. The van der Waals surface area contributed by atoms with Crippen LogP contribution in [0.4, 0.5) is 0 Å². The van der Waals surface area contributed by atoms with E-state index in [1.807, 2.05) is 19.9 Å². The minimum atomic E-state index is -0.0732. The zero-order valence-corrected chi connectivity index (χ0v) is 11.0. The molecule has 1 aliphatic heterocycles. The fraction of sp³-hybridized carbons (Fsp3) is 0.692. The number of nitrogens with zero attached hydrogens (tertiary/aromatic N) is 2. The molecule has 0 unspecified atom stereocenters. The molecule has 0 N–H and O–H groups in total. The maximum absolute atomic E-state index is 11.7. The van der Waals surface area contributed by atoms with E-state index in [1.165, 1.54) is 0 Å². The number of aromatic nitrogens is 1. The van der Waals surface area contributed by atoms with Crippen LogP contribution in [-0.4, -0.2) is 35.7 Å². The number of hydrogen-bond acceptors (Lipinski definition) is 5. The molecule has 1 aliphatic rings. The van der Waals surface area contributed by atoms with Gasteiger partial charge in [0.15, 0.2) is 5.76 Å². The fourth-order valence-corrected chi connectivity index (χ4v) is 2.36. The van der Waals surface area contributed by atoms with Crippen molar-refractivity contribution in [3.8, 4) is 0 Å². The van der Waals surface area contributed by atoms with Gasteiger partial charge in [-0.15, -0.1) is 0 Å². The molecule has 5 heteroatoms. The molecule has 0 aromatic carbocycles. The summed E-state index contributed by atoms with van der Waals surface area (Å²) in [5.41, 5.74) is 0.893. The molecule has 1 fully saturated rings. The first-order valence-corrected chi connectivity index (χ1v) is 6.50. The summed E-state index contributed by atoms with van der Waals surface area (Å²) in [5, 5.41) is 3.87. The molecule has 100 valence electrons. The molecule has 1 atom stereocenters. The topological polar surface area (TPSA) is 55.6 Å². The molecule has 1 aromatic rings. The van der Waals surface area contributed by atoms with Crippen molar-refractivity contribution in [3.63, 3.8) is 0 Å². The maximum Gasteiger partial charge on any atom is 0.310 e. The van der Waals surface area contributed by atoms with Crippen LogP contribution in [0, 0.1) is 12.8 Å². The zero-order valence-electron chi connectivity index (χ0n) is 11.0. The third-order valence-corrected chi connectivity index (χ3v) is 3.18. The maximum atomic E-state index is 11.7. The van der Waals surface area contributed by atoms with Crippen molar-refractivity contribution in [2.45, 2.75) is 33.2 Å². The molecule has 0 spiro atoms. The van der Waals surface area contributed by atoms with E-state index in [0.717, 1.165) is 43.9 Å². The van der Waals surface area contributed by atoms with Gasteiger partial charge in [0, 0.05) is 12.6 Å². The molecular formula is C13H20N2O3. The average molecular weight is 252 g/mol. The Labute approximate surface area is 107 Å². The van der Waals surface area contributed by atoms with Gasteiger partial charge in [-0.1, -0.05) is 5.16 Å². The highest BCUT2D eigenvalue weighted by Gasteiger charge is 2.27. The molecule has 5 nitrogen and oxygen atoms in total. The van der Waals surface area contributed by atoms with Crippen molar-refractivity contribution >= 4 is 5.97 Å². The Morgan fingerprint density at radius 3 is 3.17 bits per heavy atom. The molecule has 2 heterocycles. The number of carbonyl (C=O) groups excluding carboxylic acids is 1. The number of ether oxygens (including phenoxy) is 1. The van der Waals surface area contributed by atoms with Gasteiger partial charge in [0.1, 0.15) is 0 Å². The van der Waals surface area contributed by atoms with E-state index in [-0.39, 0.29) is 11.9 Å². The van der Waals surface area contributed by atoms with Crippen LogP contribution in [0.2, 0.25) is 0 Å². The Bertz CT molecular complexity index is 403. The number of piperidine rings is 1. The van der Waals surface area contributed by atoms with Crippen LogP contribution >= 0.6 is 0 Å². The summed E-state index contributed by atoms with van der Waals surface area (Å²) in [4.78, 5) is 13.9. The summed E-state index contributed by atoms with van der Waals surface area (Å²) in [6.45, 7) is 6.67. The molecule has 0 radical (unpaired) electrons. The molecule has 1 aromatic heterocycles. The van der Waals surface area contributed by atoms with E-state index in [4.69, 9.17) is 9.26 Å². The quantitative estimate of drug-likeness (QED) is 0.764. The first-order chi connectivity index (χ1) is 8.69. The average Bonchev–Trinajstić information content (AvgIpc) is 2.75. The van der Waals surface area contributed by atoms with Gasteiger partial charge in [0.25, 0.3) is 0 Å². The van der Waals surface area contributed by atoms with Crippen molar-refractivity contribution in [1.82, 2.24) is 10.1 Å². The van der Waals surface area contributed by atoms with Gasteiger partial charge in [0.2, 0.25) is 0 Å². The Kier molecular flexibility index (Phi) is 4.36. The monoisotopic (exact) mass is 252 g/mol. The lowest BCUT2D eigenvalue weighted by atomic mass is 9.98. The Morgan fingerprint density at radius 2 is 2.50 bits per heavy atom. The predicted octanol–water partition coefficient (Wildman–Crippen LogP) is 1.76. The normalized spacial score (nSPS) is 20.9. The highest BCUT2D eigenvalue weighted by atomic mass is 16.5. The first kappa shape index (κ1) is 13.1. The smallest absolute Gasteiger partial charge is 0.310 e. The summed E-state index contributed by atoms with van der Waals surface area (Å²) in [5.74, 6) is 0.788. The predicted molar refractivity (Wildman–Crippen MR) is 65.9 cm³/mol. The van der Waals surface area contributed by atoms with E-state index in [0.29, 0.717) is 6.61 Å². The third kappa shape index (κ3) is 3.32. The number of aryl methyl sites for hydroxylation is 1. The van der Waals surface area contributed by atoms with Crippen LogP contribution in [0.15, 0.2) is 10.6 Å². The van der Waals surface area contributed by atoms with Crippen molar-refractivity contribution < 1.29 is 14.1 Å². The van der Waals surface area contributed by atoms with Gasteiger partial charge in [-0.05, 0) is 33.2 Å². The molecule has 0 amide bonds. The van der Waals surface area contributed by atoms with Crippen molar-refractivity contribution in [1.29, 1.82) is 0 Å². The van der Waals surface area contributed by atoms with Crippen molar-refractivity contribution in [2.24, 2.45) is 5.92 Å². The van der Waals surface area contributed by atoms with Crippen LogP contribution < -0.4 is 0 Å². The number of rotatable bonds is 4. The van der Waals surface area contributed by atoms with Crippen molar-refractivity contribution in [2.75, 3.05) is 19.7 Å². The van der Waals surface area contributed by atoms with Crippen LogP contribution in [0.1, 0.15) is 31.2 Å². The fourth-order valence-electron chi connectivity index (χ4n) is 2.36. The van der Waals surface area contributed by atoms with E-state index in [9.17, 15) is 4.79 Å². The molecule has 18 heavy (non-hydrogen) atoms. The van der Waals surface area contributed by atoms with Crippen LogP contribution in [0.3, 0.4) is 0 Å². The number of carbonyl (C=O) groups is 1. The van der Waals surface area contributed by atoms with E-state index < -0.39 is 0 Å². The lowest BCUT2D eigenvalue weighted by Gasteiger charge is -2.30. The Hall–Kier alpha value is -1.36. The van der Waals surface area contributed by atoms with Crippen molar-refractivity contribution in [3.05, 3.63) is 17.5 Å². The Balaban J connectivity index is 1.88. The van der Waals surface area contributed by atoms with Gasteiger partial charge in [-0.25, -0.2) is 0 Å². The molecular weight excluding hydrogens is 232 g/mol. The summed E-state index contributed by atoms with van der Waals surface area (Å²) >= 11 is 0. The Morgan fingerprint density at radius 1 is 1.67 bits per heavy atom. The molecule has 1 saturated heterocycles. The largest absolute Gasteiger partial charge is 0.466 e. The minimum Gasteiger partial charge on any atom is -0.466 e. The second kappa shape index (κ2) is 6.00. The van der Waals surface area contributed by atoms with Crippen LogP contribution in [0.25, 0.3) is 0 Å². The molecule has 0 saturated carbocycles. The van der Waals surface area contributed by atoms with E-state index in [2.05, 4.69) is 10.1 Å². The van der Waals surface area contributed by atoms with E-state index in [1.54, 1.807) is 0 Å². The molecule has 0 aliphatic carbocycles. The standard InChI is InChI=1S/C13H20N2O3/c1-3-17-13(16)11-5-4-6-15(8-11)9-12-7-10(2)14-18-12/h7,11H,3-6,8-9H2,1-2H3/t11-/m1/s1. The van der Waals surface area contributed by atoms with Gasteiger partial charge in [-0.3, -0.25) is 9.69 Å². The number of hydrogen-bond donors (Lipinski definition) is 0.